The molecular weight excluding hydrogens is 380 g/mol. The fourth-order valence-electron chi connectivity index (χ4n) is 7.68. The van der Waals surface area contributed by atoms with Gasteiger partial charge in [-0.1, -0.05) is 36.2 Å². The molecule has 6 atom stereocenters. The van der Waals surface area contributed by atoms with Gasteiger partial charge in [0.25, 0.3) is 0 Å². The van der Waals surface area contributed by atoms with Crippen LogP contribution >= 0.6 is 15.9 Å². The number of carbonyl (C=O) groups is 1. The maximum Gasteiger partial charge on any atom is 0.168 e. The molecule has 0 aromatic heterocycles. The maximum atomic E-state index is 13.6. The highest BCUT2D eigenvalue weighted by Gasteiger charge is 2.70. The Hall–Kier alpha value is 0.0700. The fourth-order valence-corrected chi connectivity index (χ4v) is 8.89. The fraction of sp³-hybridized carbons (Fsp3) is 0.952. The van der Waals surface area contributed by atoms with Crippen LogP contribution in [0.25, 0.3) is 0 Å². The molecule has 0 aromatic rings. The van der Waals surface area contributed by atoms with Gasteiger partial charge in [0.15, 0.2) is 11.6 Å². The molecule has 0 radical (unpaired) electrons. The van der Waals surface area contributed by atoms with Crippen molar-refractivity contribution >= 4 is 21.7 Å². The van der Waals surface area contributed by atoms with Crippen molar-refractivity contribution in [3.05, 3.63) is 0 Å². The summed E-state index contributed by atoms with van der Waals surface area (Å²) in [4.78, 5) is 13.6. The minimum Gasteiger partial charge on any atom is -0.348 e. The highest BCUT2D eigenvalue weighted by atomic mass is 79.9. The number of Topliss-reactive ketones (excluding diaryl/α,β-unsaturated/α-hetero) is 1. The molecule has 5 aliphatic rings. The average Bonchev–Trinajstić information content (AvgIpc) is 3.17. The molecule has 0 N–H and O–H groups in total. The first-order valence-electron chi connectivity index (χ1n) is 10.3. The normalized spacial score (nSPS) is 54.2. The molecule has 0 bridgehead atoms. The van der Waals surface area contributed by atoms with E-state index in [9.17, 15) is 4.79 Å². The summed E-state index contributed by atoms with van der Waals surface area (Å²) in [5.74, 6) is 1.90. The average molecular weight is 411 g/mol. The van der Waals surface area contributed by atoms with Crippen molar-refractivity contribution in [3.63, 3.8) is 0 Å². The second-order valence-corrected chi connectivity index (χ2v) is 11.3. The van der Waals surface area contributed by atoms with E-state index >= 15 is 0 Å². The summed E-state index contributed by atoms with van der Waals surface area (Å²) in [6.45, 7) is 6.24. The Kier molecular flexibility index (Phi) is 3.66. The summed E-state index contributed by atoms with van der Waals surface area (Å²) in [7, 11) is 0. The standard InChI is InChI=1S/C21H31BrO3/c1-18-7-3-4-15(18)16-6-5-14-12-20(24-10-11-25-20)9-8-19(14,2)21(16,22)17(23)13-18/h14-16H,3-13H2,1-2H3/t14-,15+,16-,18+,19+,21-/m0/s1. The van der Waals surface area contributed by atoms with Crippen molar-refractivity contribution in [3.8, 4) is 0 Å². The minimum atomic E-state index is -0.347. The Morgan fingerprint density at radius 2 is 1.76 bits per heavy atom. The second kappa shape index (κ2) is 5.32. The van der Waals surface area contributed by atoms with Crippen LogP contribution in [0.2, 0.25) is 0 Å². The largest absolute Gasteiger partial charge is 0.348 e. The van der Waals surface area contributed by atoms with Crippen LogP contribution in [0, 0.1) is 28.6 Å². The number of carbonyl (C=O) groups excluding carboxylic acids is 1. The molecule has 4 aliphatic carbocycles. The van der Waals surface area contributed by atoms with Gasteiger partial charge >= 0.3 is 0 Å². The van der Waals surface area contributed by atoms with Crippen LogP contribution in [0.3, 0.4) is 0 Å². The van der Waals surface area contributed by atoms with Gasteiger partial charge < -0.3 is 9.47 Å². The Labute approximate surface area is 159 Å². The lowest BCUT2D eigenvalue weighted by Gasteiger charge is -2.64. The van der Waals surface area contributed by atoms with Crippen LogP contribution in [-0.4, -0.2) is 29.1 Å². The zero-order valence-corrected chi connectivity index (χ0v) is 17.2. The zero-order valence-electron chi connectivity index (χ0n) is 15.6. The highest BCUT2D eigenvalue weighted by molar-refractivity contribution is 9.10. The van der Waals surface area contributed by atoms with E-state index in [2.05, 4.69) is 29.8 Å². The van der Waals surface area contributed by atoms with E-state index < -0.39 is 0 Å². The van der Waals surface area contributed by atoms with E-state index in [1.807, 2.05) is 0 Å². The topological polar surface area (TPSA) is 35.5 Å². The van der Waals surface area contributed by atoms with E-state index in [1.54, 1.807) is 0 Å². The van der Waals surface area contributed by atoms with Gasteiger partial charge in [0.1, 0.15) is 0 Å². The van der Waals surface area contributed by atoms with Gasteiger partial charge in [0.05, 0.1) is 17.5 Å². The molecule has 0 unspecified atom stereocenters. The lowest BCUT2D eigenvalue weighted by molar-refractivity contribution is -0.221. The van der Waals surface area contributed by atoms with Gasteiger partial charge in [-0.2, -0.15) is 0 Å². The van der Waals surface area contributed by atoms with Crippen molar-refractivity contribution in [2.75, 3.05) is 13.2 Å². The molecule has 4 saturated carbocycles. The van der Waals surface area contributed by atoms with E-state index in [0.29, 0.717) is 17.6 Å². The van der Waals surface area contributed by atoms with E-state index in [0.717, 1.165) is 44.8 Å². The number of ketones is 1. The molecule has 5 rings (SSSR count). The lowest BCUT2D eigenvalue weighted by Crippen LogP contribution is -2.67. The molecule has 4 heteroatoms. The number of hydrogen-bond acceptors (Lipinski definition) is 3. The van der Waals surface area contributed by atoms with Gasteiger partial charge in [-0.05, 0) is 60.7 Å². The predicted molar refractivity (Wildman–Crippen MR) is 99.5 cm³/mol. The van der Waals surface area contributed by atoms with Gasteiger partial charge in [-0.3, -0.25) is 4.79 Å². The third-order valence-electron chi connectivity index (χ3n) is 9.08. The molecule has 0 amide bonds. The van der Waals surface area contributed by atoms with Crippen LogP contribution in [0.15, 0.2) is 0 Å². The van der Waals surface area contributed by atoms with Crippen molar-refractivity contribution in [2.45, 2.75) is 81.7 Å². The highest BCUT2D eigenvalue weighted by Crippen LogP contribution is 2.70. The van der Waals surface area contributed by atoms with E-state index in [4.69, 9.17) is 9.47 Å². The van der Waals surface area contributed by atoms with E-state index in [1.165, 1.54) is 32.1 Å². The number of alkyl halides is 1. The lowest BCUT2D eigenvalue weighted by atomic mass is 9.44. The molecular formula is C21H31BrO3. The number of halogens is 1. The van der Waals surface area contributed by atoms with E-state index in [-0.39, 0.29) is 20.9 Å². The Morgan fingerprint density at radius 1 is 1.00 bits per heavy atom. The van der Waals surface area contributed by atoms with Gasteiger partial charge in [-0.25, -0.2) is 0 Å². The zero-order chi connectivity index (χ0) is 17.5. The molecule has 140 valence electrons. The summed E-state index contributed by atoms with van der Waals surface area (Å²) in [6, 6.07) is 0. The van der Waals surface area contributed by atoms with Crippen LogP contribution in [0.4, 0.5) is 0 Å². The molecule has 25 heavy (non-hydrogen) atoms. The summed E-state index contributed by atoms with van der Waals surface area (Å²) in [6.07, 6.45) is 10.0. The third-order valence-corrected chi connectivity index (χ3v) is 11.0. The number of hydrogen-bond donors (Lipinski definition) is 0. The molecule has 1 heterocycles. The Bertz CT molecular complexity index is 600. The van der Waals surface area contributed by atoms with Crippen LogP contribution < -0.4 is 0 Å². The summed E-state index contributed by atoms with van der Waals surface area (Å²) in [5, 5.41) is 0. The van der Waals surface area contributed by atoms with Crippen LogP contribution in [0.1, 0.15) is 71.6 Å². The van der Waals surface area contributed by atoms with Gasteiger partial charge in [0, 0.05) is 19.3 Å². The molecule has 1 saturated heterocycles. The number of ether oxygens (including phenoxy) is 2. The first-order valence-corrected chi connectivity index (χ1v) is 11.1. The Balaban J connectivity index is 1.52. The van der Waals surface area contributed by atoms with Crippen molar-refractivity contribution in [2.24, 2.45) is 28.6 Å². The van der Waals surface area contributed by atoms with Gasteiger partial charge in [-0.15, -0.1) is 0 Å². The van der Waals surface area contributed by atoms with Crippen molar-refractivity contribution < 1.29 is 14.3 Å². The van der Waals surface area contributed by atoms with Crippen LogP contribution in [-0.2, 0) is 14.3 Å². The van der Waals surface area contributed by atoms with Crippen LogP contribution in [0.5, 0.6) is 0 Å². The first kappa shape index (κ1) is 17.2. The molecule has 5 fully saturated rings. The second-order valence-electron chi connectivity index (χ2n) is 10.1. The molecule has 1 spiro atoms. The van der Waals surface area contributed by atoms with Crippen molar-refractivity contribution in [1.29, 1.82) is 0 Å². The quantitative estimate of drug-likeness (QED) is 0.534. The number of fused-ring (bicyclic) bond motifs is 5. The molecule has 0 aromatic carbocycles. The SMILES string of the molecule is C[C@]12CCC[C@@H]1[C@@H]1CC[C@H]3CC4(CC[C@@]3(C)[C@@]1(Br)C(=O)C2)OCCO4. The van der Waals surface area contributed by atoms with Crippen molar-refractivity contribution in [1.82, 2.24) is 0 Å². The molecule has 3 nitrogen and oxygen atoms in total. The minimum absolute atomic E-state index is 0.0392. The third kappa shape index (κ3) is 2.08. The summed E-state index contributed by atoms with van der Waals surface area (Å²) >= 11 is 4.16. The first-order chi connectivity index (χ1) is 11.8. The predicted octanol–water partition coefficient (Wildman–Crippen LogP) is 4.86. The number of rotatable bonds is 0. The monoisotopic (exact) mass is 410 g/mol. The maximum absolute atomic E-state index is 13.6. The summed E-state index contributed by atoms with van der Waals surface area (Å²) in [5.41, 5.74) is 0.299. The van der Waals surface area contributed by atoms with Gasteiger partial charge in [0.2, 0.25) is 0 Å². The Morgan fingerprint density at radius 3 is 2.52 bits per heavy atom. The molecule has 1 aliphatic heterocycles. The smallest absolute Gasteiger partial charge is 0.168 e. The summed E-state index contributed by atoms with van der Waals surface area (Å²) < 4.78 is 11.7.